The van der Waals surface area contributed by atoms with Gasteiger partial charge in [-0.1, -0.05) is 0 Å². The first-order valence-corrected chi connectivity index (χ1v) is 6.10. The zero-order valence-corrected chi connectivity index (χ0v) is 10.7. The first kappa shape index (κ1) is 11.1. The third kappa shape index (κ3) is 1.72. The summed E-state index contributed by atoms with van der Waals surface area (Å²) >= 11 is 5.32. The largest absolute Gasteiger partial charge is 0.329 e. The van der Waals surface area contributed by atoms with Crippen molar-refractivity contribution < 1.29 is 0 Å². The molecule has 0 spiro atoms. The zero-order chi connectivity index (χ0) is 12.5. The van der Waals surface area contributed by atoms with Gasteiger partial charge >= 0.3 is 0 Å². The molecule has 0 atom stereocenters. The predicted molar refractivity (Wildman–Crippen MR) is 69.7 cm³/mol. The van der Waals surface area contributed by atoms with E-state index in [1.165, 1.54) is 0 Å². The van der Waals surface area contributed by atoms with E-state index in [0.717, 1.165) is 23.5 Å². The Labute approximate surface area is 108 Å². The van der Waals surface area contributed by atoms with Crippen LogP contribution in [0.25, 0.3) is 11.2 Å². The van der Waals surface area contributed by atoms with Gasteiger partial charge in [-0.25, -0.2) is 4.98 Å². The summed E-state index contributed by atoms with van der Waals surface area (Å²) in [5.41, 5.74) is 1.78. The number of rotatable bonds is 3. The standard InChI is InChI=1S/C11H12N6S/c1-2-16-7-13-15-9(16)6-17-10-8(14-11(17)18)4-3-5-12-10/h3-5,7H,2,6H2,1H3,(H,14,18). The molecule has 18 heavy (non-hydrogen) atoms. The molecule has 0 saturated carbocycles. The van der Waals surface area contributed by atoms with E-state index in [1.54, 1.807) is 12.5 Å². The Hall–Kier alpha value is -2.02. The second-order valence-electron chi connectivity index (χ2n) is 3.92. The smallest absolute Gasteiger partial charge is 0.179 e. The van der Waals surface area contributed by atoms with Crippen LogP contribution >= 0.6 is 12.2 Å². The molecule has 0 aliphatic carbocycles. The molecule has 0 unspecified atom stereocenters. The van der Waals surface area contributed by atoms with Crippen molar-refractivity contribution in [1.82, 2.24) is 29.3 Å². The first-order chi connectivity index (χ1) is 8.79. The maximum atomic E-state index is 5.32. The third-order valence-electron chi connectivity index (χ3n) is 2.87. The van der Waals surface area contributed by atoms with Gasteiger partial charge in [-0.3, -0.25) is 4.57 Å². The van der Waals surface area contributed by atoms with Gasteiger partial charge in [0, 0.05) is 12.7 Å². The summed E-state index contributed by atoms with van der Waals surface area (Å²) in [5.74, 6) is 0.875. The highest BCUT2D eigenvalue weighted by Gasteiger charge is 2.09. The molecule has 0 bridgehead atoms. The predicted octanol–water partition coefficient (Wildman–Crippen LogP) is 1.75. The van der Waals surface area contributed by atoms with Crippen molar-refractivity contribution >= 4 is 23.4 Å². The molecule has 6 nitrogen and oxygen atoms in total. The Morgan fingerprint density at radius 1 is 1.44 bits per heavy atom. The highest BCUT2D eigenvalue weighted by molar-refractivity contribution is 7.71. The molecule has 3 aromatic rings. The van der Waals surface area contributed by atoms with E-state index >= 15 is 0 Å². The van der Waals surface area contributed by atoms with Crippen LogP contribution in [0, 0.1) is 4.77 Å². The Kier molecular flexibility index (Phi) is 2.67. The summed E-state index contributed by atoms with van der Waals surface area (Å²) in [5, 5.41) is 8.03. The van der Waals surface area contributed by atoms with E-state index in [4.69, 9.17) is 12.2 Å². The number of nitrogens with zero attached hydrogens (tertiary/aromatic N) is 5. The second-order valence-corrected chi connectivity index (χ2v) is 4.31. The van der Waals surface area contributed by atoms with E-state index in [9.17, 15) is 0 Å². The summed E-state index contributed by atoms with van der Waals surface area (Å²) in [6, 6.07) is 3.84. The molecule has 0 saturated heterocycles. The third-order valence-corrected chi connectivity index (χ3v) is 3.19. The lowest BCUT2D eigenvalue weighted by molar-refractivity contribution is 0.653. The Balaban J connectivity index is 2.10. The maximum absolute atomic E-state index is 5.32. The maximum Gasteiger partial charge on any atom is 0.179 e. The SMILES string of the molecule is CCn1cnnc1Cn1c(=S)[nH]c2cccnc21. The molecule has 7 heteroatoms. The average Bonchev–Trinajstić information content (AvgIpc) is 2.95. The van der Waals surface area contributed by atoms with Crippen molar-refractivity contribution in [3.8, 4) is 0 Å². The molecule has 3 heterocycles. The Morgan fingerprint density at radius 2 is 2.33 bits per heavy atom. The quantitative estimate of drug-likeness (QED) is 0.729. The second kappa shape index (κ2) is 4.34. The number of aromatic amines is 1. The summed E-state index contributed by atoms with van der Waals surface area (Å²) in [7, 11) is 0. The molecule has 0 aliphatic rings. The molecule has 3 aromatic heterocycles. The van der Waals surface area contributed by atoms with Gasteiger partial charge in [0.1, 0.15) is 6.33 Å². The Bertz CT molecular complexity index is 737. The van der Waals surface area contributed by atoms with Crippen LogP contribution in [0.1, 0.15) is 12.7 Å². The fraction of sp³-hybridized carbons (Fsp3) is 0.273. The average molecular weight is 260 g/mol. The lowest BCUT2D eigenvalue weighted by Gasteiger charge is -2.04. The van der Waals surface area contributed by atoms with Gasteiger partial charge in [-0.15, -0.1) is 10.2 Å². The molecular weight excluding hydrogens is 248 g/mol. The minimum Gasteiger partial charge on any atom is -0.329 e. The van der Waals surface area contributed by atoms with Crippen LogP contribution in [0.2, 0.25) is 0 Å². The van der Waals surface area contributed by atoms with Gasteiger partial charge in [0.25, 0.3) is 0 Å². The summed E-state index contributed by atoms with van der Waals surface area (Å²) in [4.78, 5) is 7.48. The molecule has 0 aromatic carbocycles. The van der Waals surface area contributed by atoms with Gasteiger partial charge in [0.2, 0.25) is 0 Å². The minimum absolute atomic E-state index is 0.573. The zero-order valence-electron chi connectivity index (χ0n) is 9.87. The van der Waals surface area contributed by atoms with Crippen LogP contribution in [0.4, 0.5) is 0 Å². The van der Waals surface area contributed by atoms with Crippen LogP contribution < -0.4 is 0 Å². The number of pyridine rings is 1. The molecule has 92 valence electrons. The lowest BCUT2D eigenvalue weighted by Crippen LogP contribution is -2.08. The number of aromatic nitrogens is 6. The number of aryl methyl sites for hydroxylation is 1. The highest BCUT2D eigenvalue weighted by Crippen LogP contribution is 2.12. The van der Waals surface area contributed by atoms with Crippen molar-refractivity contribution in [2.24, 2.45) is 0 Å². The number of hydrogen-bond acceptors (Lipinski definition) is 4. The van der Waals surface area contributed by atoms with Crippen LogP contribution in [-0.4, -0.2) is 29.3 Å². The summed E-state index contributed by atoms with van der Waals surface area (Å²) in [6.45, 7) is 3.47. The number of nitrogens with one attached hydrogen (secondary N) is 1. The monoisotopic (exact) mass is 260 g/mol. The van der Waals surface area contributed by atoms with Gasteiger partial charge < -0.3 is 9.55 Å². The number of H-pyrrole nitrogens is 1. The first-order valence-electron chi connectivity index (χ1n) is 5.70. The van der Waals surface area contributed by atoms with E-state index in [-0.39, 0.29) is 0 Å². The van der Waals surface area contributed by atoms with E-state index < -0.39 is 0 Å². The van der Waals surface area contributed by atoms with Crippen molar-refractivity contribution in [1.29, 1.82) is 0 Å². The van der Waals surface area contributed by atoms with Crippen molar-refractivity contribution in [3.05, 3.63) is 35.3 Å². The topological polar surface area (TPSA) is 64.3 Å². The van der Waals surface area contributed by atoms with Gasteiger partial charge in [-0.2, -0.15) is 0 Å². The van der Waals surface area contributed by atoms with E-state index in [2.05, 4.69) is 27.1 Å². The molecule has 3 rings (SSSR count). The highest BCUT2D eigenvalue weighted by atomic mass is 32.1. The van der Waals surface area contributed by atoms with Gasteiger partial charge in [0.15, 0.2) is 16.2 Å². The fourth-order valence-electron chi connectivity index (χ4n) is 1.94. The van der Waals surface area contributed by atoms with Crippen LogP contribution in [0.3, 0.4) is 0 Å². The van der Waals surface area contributed by atoms with Crippen molar-refractivity contribution in [2.45, 2.75) is 20.0 Å². The minimum atomic E-state index is 0.573. The van der Waals surface area contributed by atoms with E-state index in [1.807, 2.05) is 21.3 Å². The molecule has 0 fully saturated rings. The summed E-state index contributed by atoms with van der Waals surface area (Å²) in [6.07, 6.45) is 3.48. The van der Waals surface area contributed by atoms with Gasteiger partial charge in [0.05, 0.1) is 12.1 Å². The van der Waals surface area contributed by atoms with Crippen LogP contribution in [-0.2, 0) is 13.1 Å². The van der Waals surface area contributed by atoms with Crippen molar-refractivity contribution in [3.63, 3.8) is 0 Å². The van der Waals surface area contributed by atoms with Crippen LogP contribution in [0.5, 0.6) is 0 Å². The molecule has 1 N–H and O–H groups in total. The number of hydrogen-bond donors (Lipinski definition) is 1. The summed E-state index contributed by atoms with van der Waals surface area (Å²) < 4.78 is 4.57. The molecule has 0 aliphatic heterocycles. The molecule has 0 amide bonds. The fourth-order valence-corrected chi connectivity index (χ4v) is 2.20. The van der Waals surface area contributed by atoms with Gasteiger partial charge in [-0.05, 0) is 31.3 Å². The molecular formula is C11H12N6S. The van der Waals surface area contributed by atoms with Crippen LogP contribution in [0.15, 0.2) is 24.7 Å². The molecule has 0 radical (unpaired) electrons. The Morgan fingerprint density at radius 3 is 3.17 bits per heavy atom. The van der Waals surface area contributed by atoms with E-state index in [0.29, 0.717) is 11.3 Å². The normalized spacial score (nSPS) is 11.2. The lowest BCUT2D eigenvalue weighted by atomic mass is 10.4. The number of imidazole rings is 1. The number of fused-ring (bicyclic) bond motifs is 1. The van der Waals surface area contributed by atoms with Crippen molar-refractivity contribution in [2.75, 3.05) is 0 Å².